The van der Waals surface area contributed by atoms with Crippen LogP contribution in [0.2, 0.25) is 0 Å². The van der Waals surface area contributed by atoms with E-state index in [1.807, 2.05) is 63.2 Å². The number of phenolic OH excluding ortho intramolecular Hbond substituents is 1. The molecule has 3 rings (SSSR count). The van der Waals surface area contributed by atoms with Crippen LogP contribution >= 0.6 is 0 Å². The van der Waals surface area contributed by atoms with Crippen molar-refractivity contribution in [3.05, 3.63) is 94.5 Å². The molecule has 0 radical (unpaired) electrons. The summed E-state index contributed by atoms with van der Waals surface area (Å²) in [5, 5.41) is 15.8. The summed E-state index contributed by atoms with van der Waals surface area (Å²) in [4.78, 5) is 43.8. The topological polar surface area (TPSA) is 108 Å². The van der Waals surface area contributed by atoms with Crippen molar-refractivity contribution in [3.8, 4) is 5.75 Å². The summed E-state index contributed by atoms with van der Waals surface area (Å²) in [6.45, 7) is 13.5. The average Bonchev–Trinajstić information content (AvgIpc) is 2.97. The second-order valence-electron chi connectivity index (χ2n) is 12.7. The van der Waals surface area contributed by atoms with E-state index in [0.717, 1.165) is 41.5 Å². The quantitative estimate of drug-likeness (QED) is 0.172. The number of nitrogens with one attached hydrogen (secondary N) is 2. The van der Waals surface area contributed by atoms with Crippen LogP contribution in [-0.2, 0) is 20.7 Å². The number of aryl methyl sites for hydroxylation is 3. The summed E-state index contributed by atoms with van der Waals surface area (Å²) < 4.78 is 5.54. The van der Waals surface area contributed by atoms with Crippen molar-refractivity contribution in [2.24, 2.45) is 0 Å². The second-order valence-corrected chi connectivity index (χ2v) is 12.7. The molecule has 3 N–H and O–H groups in total. The molecular formula is C37H49N3O5. The molecule has 45 heavy (non-hydrogen) atoms. The first-order chi connectivity index (χ1) is 21.3. The zero-order chi connectivity index (χ0) is 33.1. The lowest BCUT2D eigenvalue weighted by Crippen LogP contribution is -2.53. The van der Waals surface area contributed by atoms with Crippen LogP contribution in [0.15, 0.2) is 66.7 Å². The molecule has 2 atom stereocenters. The van der Waals surface area contributed by atoms with Gasteiger partial charge in [-0.05, 0) is 87.9 Å². The van der Waals surface area contributed by atoms with Crippen molar-refractivity contribution in [1.29, 1.82) is 0 Å². The predicted molar refractivity (Wildman–Crippen MR) is 179 cm³/mol. The number of phenols is 1. The molecule has 0 aromatic heterocycles. The highest BCUT2D eigenvalue weighted by molar-refractivity contribution is 6.00. The van der Waals surface area contributed by atoms with Crippen LogP contribution in [0.1, 0.15) is 87.2 Å². The minimum atomic E-state index is -1.03. The molecule has 0 aliphatic carbocycles. The minimum Gasteiger partial charge on any atom is -0.508 e. The van der Waals surface area contributed by atoms with E-state index in [1.165, 1.54) is 0 Å². The van der Waals surface area contributed by atoms with Crippen molar-refractivity contribution in [3.63, 3.8) is 0 Å². The Kier molecular flexibility index (Phi) is 12.6. The predicted octanol–water partition coefficient (Wildman–Crippen LogP) is 7.54. The number of carbonyl (C=O) groups is 3. The molecule has 0 aliphatic heterocycles. The summed E-state index contributed by atoms with van der Waals surface area (Å²) in [6.07, 6.45) is 3.02. The number of amides is 3. The van der Waals surface area contributed by atoms with Crippen molar-refractivity contribution >= 4 is 23.6 Å². The molecule has 8 nitrogen and oxygen atoms in total. The number of para-hydroxylation sites is 1. The van der Waals surface area contributed by atoms with Gasteiger partial charge in [0.25, 0.3) is 5.91 Å². The molecule has 0 bridgehead atoms. The van der Waals surface area contributed by atoms with Gasteiger partial charge in [-0.3, -0.25) is 9.59 Å². The second kappa shape index (κ2) is 16.1. The average molecular weight is 616 g/mol. The third kappa shape index (κ3) is 10.4. The smallest absolute Gasteiger partial charge is 0.408 e. The van der Waals surface area contributed by atoms with E-state index in [0.29, 0.717) is 24.2 Å². The number of unbranched alkanes of at least 4 members (excludes halogenated alkanes) is 3. The Morgan fingerprint density at radius 2 is 1.47 bits per heavy atom. The first-order valence-electron chi connectivity index (χ1n) is 15.8. The number of alkyl carbamates (subject to hydrolysis) is 1. The number of aromatic hydroxyl groups is 1. The highest BCUT2D eigenvalue weighted by Crippen LogP contribution is 2.30. The van der Waals surface area contributed by atoms with Gasteiger partial charge in [-0.2, -0.15) is 0 Å². The SMILES string of the molecule is CCCCCCN(C(=O)C(Cc1ccc(O)cc1)NC(=O)OC(C)(C)C)C(C(=O)Nc1c(C)cccc1C)c1ccccc1C. The molecule has 0 aliphatic rings. The maximum atomic E-state index is 14.7. The fourth-order valence-electron chi connectivity index (χ4n) is 5.34. The normalized spacial score (nSPS) is 12.6. The number of rotatable bonds is 13. The zero-order valence-corrected chi connectivity index (χ0v) is 27.8. The van der Waals surface area contributed by atoms with Gasteiger partial charge in [0.1, 0.15) is 23.4 Å². The largest absolute Gasteiger partial charge is 0.508 e. The number of hydrogen-bond acceptors (Lipinski definition) is 5. The summed E-state index contributed by atoms with van der Waals surface area (Å²) in [6, 6.07) is 17.9. The number of carbonyl (C=O) groups excluding carboxylic acids is 3. The molecule has 8 heteroatoms. The molecule has 0 spiro atoms. The van der Waals surface area contributed by atoms with Crippen molar-refractivity contribution in [2.75, 3.05) is 11.9 Å². The van der Waals surface area contributed by atoms with E-state index in [2.05, 4.69) is 17.6 Å². The Morgan fingerprint density at radius 1 is 0.844 bits per heavy atom. The number of ether oxygens (including phenoxy) is 1. The molecule has 0 saturated carbocycles. The summed E-state index contributed by atoms with van der Waals surface area (Å²) >= 11 is 0. The lowest BCUT2D eigenvalue weighted by molar-refractivity contribution is -0.140. The van der Waals surface area contributed by atoms with Crippen LogP contribution in [0.4, 0.5) is 10.5 Å². The fraction of sp³-hybridized carbons (Fsp3) is 0.432. The van der Waals surface area contributed by atoms with Gasteiger partial charge < -0.3 is 25.4 Å². The molecule has 0 saturated heterocycles. The van der Waals surface area contributed by atoms with E-state index >= 15 is 0 Å². The molecule has 0 heterocycles. The van der Waals surface area contributed by atoms with Gasteiger partial charge in [-0.1, -0.05) is 80.8 Å². The summed E-state index contributed by atoms with van der Waals surface area (Å²) in [5.74, 6) is -0.622. The summed E-state index contributed by atoms with van der Waals surface area (Å²) in [7, 11) is 0. The van der Waals surface area contributed by atoms with Gasteiger partial charge in [0.15, 0.2) is 0 Å². The van der Waals surface area contributed by atoms with E-state index in [1.54, 1.807) is 49.9 Å². The van der Waals surface area contributed by atoms with E-state index in [4.69, 9.17) is 4.74 Å². The lowest BCUT2D eigenvalue weighted by atomic mass is 9.96. The van der Waals surface area contributed by atoms with Crippen LogP contribution < -0.4 is 10.6 Å². The molecule has 2 unspecified atom stereocenters. The minimum absolute atomic E-state index is 0.0991. The highest BCUT2D eigenvalue weighted by Gasteiger charge is 2.37. The standard InChI is InChI=1S/C37H49N3O5/c1-8-9-10-13-23-40(35(43)31(38-36(44)45-37(5,6)7)24-28-19-21-29(41)22-20-28)33(30-18-12-11-15-25(30)2)34(42)39-32-26(3)16-14-17-27(32)4/h11-12,14-22,31,33,41H,8-10,13,23-24H2,1-7H3,(H,38,44)(H,39,42). The molecule has 0 fully saturated rings. The Morgan fingerprint density at radius 3 is 2.07 bits per heavy atom. The van der Waals surface area contributed by atoms with E-state index in [9.17, 15) is 19.5 Å². The molecular weight excluding hydrogens is 566 g/mol. The highest BCUT2D eigenvalue weighted by atomic mass is 16.6. The number of nitrogens with zero attached hydrogens (tertiary/aromatic N) is 1. The molecule has 242 valence electrons. The van der Waals surface area contributed by atoms with Crippen molar-refractivity contribution in [2.45, 2.75) is 98.3 Å². The molecule has 3 amide bonds. The third-order valence-corrected chi connectivity index (χ3v) is 7.67. The van der Waals surface area contributed by atoms with Crippen LogP contribution in [0.25, 0.3) is 0 Å². The van der Waals surface area contributed by atoms with E-state index < -0.39 is 29.7 Å². The third-order valence-electron chi connectivity index (χ3n) is 7.67. The maximum absolute atomic E-state index is 14.7. The van der Waals surface area contributed by atoms with Crippen LogP contribution in [-0.4, -0.2) is 46.1 Å². The number of benzene rings is 3. The fourth-order valence-corrected chi connectivity index (χ4v) is 5.34. The Balaban J connectivity index is 2.11. The first kappa shape index (κ1) is 35.2. The van der Waals surface area contributed by atoms with Crippen LogP contribution in [0, 0.1) is 20.8 Å². The molecule has 3 aromatic rings. The first-order valence-corrected chi connectivity index (χ1v) is 15.8. The maximum Gasteiger partial charge on any atom is 0.408 e. The van der Waals surface area contributed by atoms with Crippen molar-refractivity contribution < 1.29 is 24.2 Å². The Labute approximate surface area is 268 Å². The Hall–Kier alpha value is -4.33. The lowest BCUT2D eigenvalue weighted by Gasteiger charge is -2.35. The van der Waals surface area contributed by atoms with Crippen molar-refractivity contribution in [1.82, 2.24) is 10.2 Å². The van der Waals surface area contributed by atoms with Crippen LogP contribution in [0.3, 0.4) is 0 Å². The van der Waals surface area contributed by atoms with Gasteiger partial charge in [-0.15, -0.1) is 0 Å². The van der Waals surface area contributed by atoms with Gasteiger partial charge >= 0.3 is 6.09 Å². The van der Waals surface area contributed by atoms with Gasteiger partial charge in [0, 0.05) is 18.7 Å². The zero-order valence-electron chi connectivity index (χ0n) is 27.8. The van der Waals surface area contributed by atoms with Gasteiger partial charge in [0.05, 0.1) is 0 Å². The Bertz CT molecular complexity index is 1420. The molecule has 3 aromatic carbocycles. The number of hydrogen-bond donors (Lipinski definition) is 3. The van der Waals surface area contributed by atoms with E-state index in [-0.39, 0.29) is 18.1 Å². The van der Waals surface area contributed by atoms with Gasteiger partial charge in [0.2, 0.25) is 5.91 Å². The van der Waals surface area contributed by atoms with Gasteiger partial charge in [-0.25, -0.2) is 4.79 Å². The monoisotopic (exact) mass is 615 g/mol. The van der Waals surface area contributed by atoms with Crippen LogP contribution in [0.5, 0.6) is 5.75 Å². The summed E-state index contributed by atoms with van der Waals surface area (Å²) in [5.41, 5.74) is 4.11. The number of anilines is 1.